The molecule has 0 aromatic rings. The van der Waals surface area contributed by atoms with Crippen LogP contribution in [0.3, 0.4) is 0 Å². The number of aliphatic hydroxyl groups excluding tert-OH is 1. The van der Waals surface area contributed by atoms with Gasteiger partial charge in [0.15, 0.2) is 0 Å². The minimum atomic E-state index is -0.264. The Kier molecular flexibility index (Phi) is 10.9. The second kappa shape index (κ2) is 14.0. The largest absolute Gasteiger partial charge is 0.393 e. The van der Waals surface area contributed by atoms with Crippen molar-refractivity contribution in [3.8, 4) is 6.07 Å². The van der Waals surface area contributed by atoms with Crippen molar-refractivity contribution in [1.29, 1.82) is 5.26 Å². The first-order chi connectivity index (χ1) is 22.6. The summed E-state index contributed by atoms with van der Waals surface area (Å²) in [7, 11) is 1.69. The predicted molar refractivity (Wildman–Crippen MR) is 194 cm³/mol. The molecule has 0 spiro atoms. The molecule has 0 bridgehead atoms. The summed E-state index contributed by atoms with van der Waals surface area (Å²) in [4.78, 5) is 27.9. The molecule has 5 aliphatic rings. The fourth-order valence-corrected chi connectivity index (χ4v) is 13.4. The number of carbonyl (C=O) groups excluding carboxylic acids is 2. The van der Waals surface area contributed by atoms with Gasteiger partial charge in [-0.1, -0.05) is 72.5 Å². The number of unbranched alkanes of at least 4 members (excludes halogenated alkanes) is 5. The zero-order chi connectivity index (χ0) is 35.1. The highest BCUT2D eigenvalue weighted by Gasteiger charge is 2.71. The van der Waals surface area contributed by atoms with Crippen LogP contribution in [0.5, 0.6) is 0 Å². The van der Waals surface area contributed by atoms with Crippen molar-refractivity contribution >= 4 is 11.8 Å². The Bertz CT molecular complexity index is 1250. The molecule has 270 valence electrons. The van der Waals surface area contributed by atoms with Gasteiger partial charge in [-0.2, -0.15) is 5.26 Å². The van der Waals surface area contributed by atoms with Crippen LogP contribution in [0, 0.1) is 68.0 Å². The van der Waals surface area contributed by atoms with E-state index in [1.807, 2.05) is 6.07 Å². The third-order valence-corrected chi connectivity index (χ3v) is 16.3. The molecule has 2 N–H and O–H groups in total. The maximum absolute atomic E-state index is 14.4. The Labute approximate surface area is 293 Å². The monoisotopic (exact) mass is 664 g/mol. The molecular formula is C42H69N3O3. The van der Waals surface area contributed by atoms with Crippen LogP contribution in [0.15, 0.2) is 12.2 Å². The van der Waals surface area contributed by atoms with Gasteiger partial charge in [0.2, 0.25) is 11.8 Å². The summed E-state index contributed by atoms with van der Waals surface area (Å²) in [5.74, 6) is 2.99. The van der Waals surface area contributed by atoms with Crippen LogP contribution < -0.4 is 5.32 Å². The molecule has 0 unspecified atom stereocenters. The van der Waals surface area contributed by atoms with Gasteiger partial charge in [0.25, 0.3) is 0 Å². The lowest BCUT2D eigenvalue weighted by atomic mass is 9.32. The normalized spacial score (nSPS) is 41.1. The van der Waals surface area contributed by atoms with Crippen LogP contribution in [0.4, 0.5) is 0 Å². The standard InChI is InChI=1S/C42H69N3O3/c1-29(2)30-18-23-42(37(48)44-27-14-12-10-9-11-13-15-35(47)45(8)28-26-43)25-24-40(6)31(36(30)42)16-17-33-39(5)21-20-34(46)38(3,4)32(39)19-22-41(33,40)7/h30-34,36,46H,1,9-25,27-28H2,2-8H3,(H,44,48)/t30-,31+,32-,33+,34-,36+,39-,40+,41+,42-/m0/s1. The van der Waals surface area contributed by atoms with Gasteiger partial charge in [0.05, 0.1) is 17.6 Å². The Hall–Kier alpha value is -1.87. The third kappa shape index (κ3) is 6.09. The summed E-state index contributed by atoms with van der Waals surface area (Å²) in [5.41, 5.74) is 1.73. The van der Waals surface area contributed by atoms with Gasteiger partial charge in [-0.3, -0.25) is 9.59 Å². The van der Waals surface area contributed by atoms with Crippen LogP contribution in [0.2, 0.25) is 0 Å². The number of amides is 2. The molecule has 0 aromatic carbocycles. The van der Waals surface area contributed by atoms with Gasteiger partial charge in [0, 0.05) is 20.0 Å². The van der Waals surface area contributed by atoms with Crippen LogP contribution >= 0.6 is 0 Å². The summed E-state index contributed by atoms with van der Waals surface area (Å²) in [5, 5.41) is 23.3. The summed E-state index contributed by atoms with van der Waals surface area (Å²) in [6.45, 7) is 20.2. The lowest BCUT2D eigenvalue weighted by molar-refractivity contribution is -0.246. The van der Waals surface area contributed by atoms with E-state index in [4.69, 9.17) is 5.26 Å². The summed E-state index contributed by atoms with van der Waals surface area (Å²) in [6.07, 6.45) is 17.9. The second-order valence-electron chi connectivity index (χ2n) is 18.8. The topological polar surface area (TPSA) is 93.4 Å². The molecule has 48 heavy (non-hydrogen) atoms. The van der Waals surface area contributed by atoms with Crippen molar-refractivity contribution in [2.75, 3.05) is 20.1 Å². The highest BCUT2D eigenvalue weighted by atomic mass is 16.3. The van der Waals surface area contributed by atoms with E-state index in [0.717, 1.165) is 83.6 Å². The van der Waals surface area contributed by atoms with E-state index >= 15 is 0 Å². The quantitative estimate of drug-likeness (QED) is 0.124. The molecule has 0 saturated heterocycles. The zero-order valence-electron chi connectivity index (χ0n) is 31.8. The number of nitriles is 1. The molecule has 6 heteroatoms. The number of carbonyl (C=O) groups is 2. The third-order valence-electron chi connectivity index (χ3n) is 16.3. The fourth-order valence-electron chi connectivity index (χ4n) is 13.4. The minimum absolute atomic E-state index is 0.0287. The van der Waals surface area contributed by atoms with Crippen LogP contribution in [-0.4, -0.2) is 48.1 Å². The predicted octanol–water partition coefficient (Wildman–Crippen LogP) is 8.83. The maximum Gasteiger partial charge on any atom is 0.226 e. The van der Waals surface area contributed by atoms with Gasteiger partial charge in [0.1, 0.15) is 6.54 Å². The van der Waals surface area contributed by atoms with E-state index in [2.05, 4.69) is 53.4 Å². The lowest BCUT2D eigenvalue weighted by Crippen LogP contribution is -2.67. The highest BCUT2D eigenvalue weighted by molar-refractivity contribution is 5.84. The van der Waals surface area contributed by atoms with Crippen LogP contribution in [0.25, 0.3) is 0 Å². The molecule has 2 amide bonds. The number of fused-ring (bicyclic) bond motifs is 7. The number of hydrogen-bond donors (Lipinski definition) is 2. The van der Waals surface area contributed by atoms with Gasteiger partial charge in [-0.05, 0) is 135 Å². The molecule has 0 aromatic heterocycles. The first kappa shape index (κ1) is 37.4. The molecule has 5 rings (SSSR count). The average molecular weight is 664 g/mol. The Morgan fingerprint density at radius 1 is 0.854 bits per heavy atom. The van der Waals surface area contributed by atoms with Gasteiger partial charge in [-0.25, -0.2) is 0 Å². The van der Waals surface area contributed by atoms with Crippen molar-refractivity contribution in [2.45, 2.75) is 157 Å². The van der Waals surface area contributed by atoms with Gasteiger partial charge < -0.3 is 15.3 Å². The van der Waals surface area contributed by atoms with E-state index in [1.54, 1.807) is 7.05 Å². The SMILES string of the molecule is C=C(C)[C@@H]1CC[C@]2(C(=O)NCCCCCCCCC(=O)N(C)CC#N)CC[C@]3(C)[C@H](CC[C@@H]4[C@@]5(C)CC[C@H](O)C(C)(C)[C@@H]5CC[C@]43C)[C@@H]12. The number of aliphatic hydroxyl groups is 1. The van der Waals surface area contributed by atoms with E-state index in [9.17, 15) is 14.7 Å². The van der Waals surface area contributed by atoms with Crippen molar-refractivity contribution in [3.63, 3.8) is 0 Å². The molecule has 0 heterocycles. The van der Waals surface area contributed by atoms with Crippen molar-refractivity contribution in [1.82, 2.24) is 10.2 Å². The zero-order valence-corrected chi connectivity index (χ0v) is 31.8. The molecular weight excluding hydrogens is 594 g/mol. The van der Waals surface area contributed by atoms with E-state index in [-0.39, 0.29) is 45.6 Å². The molecule has 10 atom stereocenters. The number of rotatable bonds is 12. The first-order valence-electron chi connectivity index (χ1n) is 19.8. The second-order valence-corrected chi connectivity index (χ2v) is 18.8. The van der Waals surface area contributed by atoms with E-state index < -0.39 is 0 Å². The number of nitrogens with zero attached hydrogens (tertiary/aromatic N) is 2. The Morgan fingerprint density at radius 3 is 2.23 bits per heavy atom. The minimum Gasteiger partial charge on any atom is -0.393 e. The van der Waals surface area contributed by atoms with Gasteiger partial charge >= 0.3 is 0 Å². The number of allylic oxidation sites excluding steroid dienone is 1. The summed E-state index contributed by atoms with van der Waals surface area (Å²) in [6, 6.07) is 2.03. The van der Waals surface area contributed by atoms with Crippen molar-refractivity contribution in [3.05, 3.63) is 12.2 Å². The maximum atomic E-state index is 14.4. The van der Waals surface area contributed by atoms with E-state index in [1.165, 1.54) is 36.2 Å². The molecule has 0 radical (unpaired) electrons. The molecule has 6 nitrogen and oxygen atoms in total. The fraction of sp³-hybridized carbons (Fsp3) is 0.881. The lowest BCUT2D eigenvalue weighted by Gasteiger charge is -2.72. The van der Waals surface area contributed by atoms with Crippen molar-refractivity contribution in [2.24, 2.45) is 56.7 Å². The summed E-state index contributed by atoms with van der Waals surface area (Å²) < 4.78 is 0. The molecule has 5 aliphatic carbocycles. The van der Waals surface area contributed by atoms with Gasteiger partial charge in [-0.15, -0.1) is 0 Å². The smallest absolute Gasteiger partial charge is 0.226 e. The first-order valence-corrected chi connectivity index (χ1v) is 19.8. The molecule has 5 fully saturated rings. The molecule has 0 aliphatic heterocycles. The Morgan fingerprint density at radius 2 is 1.54 bits per heavy atom. The molecule has 5 saturated carbocycles. The van der Waals surface area contributed by atoms with Crippen molar-refractivity contribution < 1.29 is 14.7 Å². The number of nitrogens with one attached hydrogen (secondary N) is 1. The summed E-state index contributed by atoms with van der Waals surface area (Å²) >= 11 is 0. The van der Waals surface area contributed by atoms with Crippen LogP contribution in [0.1, 0.15) is 151 Å². The van der Waals surface area contributed by atoms with E-state index in [0.29, 0.717) is 41.9 Å². The Balaban J connectivity index is 1.21. The van der Waals surface area contributed by atoms with Crippen LogP contribution in [-0.2, 0) is 9.59 Å². The average Bonchev–Trinajstić information content (AvgIpc) is 3.44. The highest BCUT2D eigenvalue weighted by Crippen LogP contribution is 2.77. The number of hydrogen-bond acceptors (Lipinski definition) is 4.